The average molecular weight is 1150 g/mol. The van der Waals surface area contributed by atoms with Crippen LogP contribution in [0.5, 0.6) is 34.5 Å². The van der Waals surface area contributed by atoms with E-state index in [0.717, 1.165) is 59.8 Å². The largest absolute Gasteiger partial charge is 0.497 e. The van der Waals surface area contributed by atoms with Gasteiger partial charge in [0.1, 0.15) is 50.9 Å². The number of fused-ring (bicyclic) bond motifs is 2. The first kappa shape index (κ1) is 56.4. The van der Waals surface area contributed by atoms with E-state index in [0.29, 0.717) is 94.7 Å². The first-order valence-electron chi connectivity index (χ1n) is 27.7. The summed E-state index contributed by atoms with van der Waals surface area (Å²) in [5.74, 6) is 5.39. The van der Waals surface area contributed by atoms with Crippen molar-refractivity contribution in [1.82, 2.24) is 59.7 Å². The molecule has 85 heavy (non-hydrogen) atoms. The van der Waals surface area contributed by atoms with Crippen molar-refractivity contribution in [3.05, 3.63) is 169 Å². The molecular formula is C61H64N16O8. The molecule has 4 aromatic carbocycles. The van der Waals surface area contributed by atoms with Gasteiger partial charge in [0, 0.05) is 92.2 Å². The molecule has 12 rings (SSSR count). The molecule has 8 heterocycles. The maximum absolute atomic E-state index is 12.7. The number of benzene rings is 4. The zero-order chi connectivity index (χ0) is 58.9. The number of methoxy groups -OCH3 is 2. The van der Waals surface area contributed by atoms with Crippen molar-refractivity contribution in [3.63, 3.8) is 0 Å². The number of amides is 3. The van der Waals surface area contributed by atoms with Crippen LogP contribution >= 0.6 is 0 Å². The second kappa shape index (κ2) is 25.3. The fourth-order valence-electron chi connectivity index (χ4n) is 9.70. The van der Waals surface area contributed by atoms with Crippen LogP contribution in [0.25, 0.3) is 22.1 Å². The van der Waals surface area contributed by atoms with Crippen LogP contribution in [-0.2, 0) is 17.8 Å². The van der Waals surface area contributed by atoms with Crippen LogP contribution < -0.4 is 45.5 Å². The zero-order valence-corrected chi connectivity index (χ0v) is 47.5. The normalized spacial score (nSPS) is 14.8. The summed E-state index contributed by atoms with van der Waals surface area (Å²) in [6.07, 6.45) is 11.2. The van der Waals surface area contributed by atoms with Crippen molar-refractivity contribution >= 4 is 63.5 Å². The molecule has 0 radical (unpaired) electrons. The molecule has 2 atom stereocenters. The number of imidazole rings is 2. The van der Waals surface area contributed by atoms with Gasteiger partial charge in [-0.25, -0.2) is 34.1 Å². The molecule has 24 nitrogen and oxygen atoms in total. The Bertz CT molecular complexity index is 3880. The van der Waals surface area contributed by atoms with Crippen LogP contribution in [0, 0.1) is 0 Å². The van der Waals surface area contributed by atoms with Gasteiger partial charge in [0.25, 0.3) is 11.8 Å². The number of anilines is 4. The fraction of sp³-hybridized carbons (Fsp3) is 0.262. The lowest BCUT2D eigenvalue weighted by Crippen LogP contribution is -2.36. The van der Waals surface area contributed by atoms with E-state index in [1.165, 1.54) is 0 Å². The lowest BCUT2D eigenvalue weighted by Gasteiger charge is -2.24. The van der Waals surface area contributed by atoms with Crippen LogP contribution in [0.4, 0.5) is 28.3 Å². The van der Waals surface area contributed by atoms with Gasteiger partial charge >= 0.3 is 6.09 Å². The smallest absolute Gasteiger partial charge is 0.410 e. The molecule has 2 fully saturated rings. The summed E-state index contributed by atoms with van der Waals surface area (Å²) >= 11 is 0. The van der Waals surface area contributed by atoms with Crippen molar-refractivity contribution in [2.45, 2.75) is 64.4 Å². The molecule has 6 aromatic heterocycles. The highest BCUT2D eigenvalue weighted by Crippen LogP contribution is 2.37. The highest BCUT2D eigenvalue weighted by Gasteiger charge is 2.32. The van der Waals surface area contributed by atoms with E-state index in [9.17, 15) is 14.4 Å². The van der Waals surface area contributed by atoms with Crippen LogP contribution in [0.15, 0.2) is 146 Å². The minimum absolute atomic E-state index is 0.0555. The number of rotatable bonds is 18. The molecule has 0 aliphatic carbocycles. The highest BCUT2D eigenvalue weighted by molar-refractivity contribution is 6.04. The predicted molar refractivity (Wildman–Crippen MR) is 320 cm³/mol. The molecule has 3 amide bonds. The molecule has 2 aliphatic rings. The van der Waals surface area contributed by atoms with Gasteiger partial charge in [-0.3, -0.25) is 20.2 Å². The first-order valence-corrected chi connectivity index (χ1v) is 27.7. The van der Waals surface area contributed by atoms with E-state index in [1.54, 1.807) is 111 Å². The molecule has 0 bridgehead atoms. The standard InChI is InChI=1S/C33H36N8O5.C28H28N8O3/c1-33(2,3)46-32(43)40-18-14-23(20-40)37-28-27-26(45-25-11-7-22(8-12-25)30(42)38-31-35-16-17-36-31)13-15-34-29(27)41(39-28)19-21-5-9-24(44-4)10-6-21;1-38-21-6-2-18(3-7-21)17-36-26-24(25(35-36)33-20-10-12-29-16-20)23(11-13-30-26)39-22-8-4-19(5-9-22)27(37)34-28-31-14-15-32-28/h5-13,15-17,23H,14,18-20H2,1-4H3,(H,37,39)(H2,35,36,38,42);2-9,11,13-15,20,29H,10,12,16-17H2,1H3,(H,33,35)(H2,31,32,34,37)/t23-;20-/m11/s1. The Balaban J connectivity index is 0.000000179. The monoisotopic (exact) mass is 1150 g/mol. The van der Waals surface area contributed by atoms with E-state index in [-0.39, 0.29) is 30.0 Å². The summed E-state index contributed by atoms with van der Waals surface area (Å²) < 4.78 is 32.6. The predicted octanol–water partition coefficient (Wildman–Crippen LogP) is 9.71. The Morgan fingerprint density at radius 3 is 1.47 bits per heavy atom. The quantitative estimate of drug-likeness (QED) is 0.0421. The maximum Gasteiger partial charge on any atom is 0.410 e. The number of pyridine rings is 2. The van der Waals surface area contributed by atoms with Crippen molar-refractivity contribution < 1.29 is 38.1 Å². The van der Waals surface area contributed by atoms with E-state index in [2.05, 4.69) is 56.5 Å². The number of aromatic nitrogens is 10. The van der Waals surface area contributed by atoms with Crippen molar-refractivity contribution in [1.29, 1.82) is 0 Å². The highest BCUT2D eigenvalue weighted by atomic mass is 16.6. The second-order valence-electron chi connectivity index (χ2n) is 21.2. The number of hydrogen-bond acceptors (Lipinski definition) is 17. The molecule has 7 N–H and O–H groups in total. The van der Waals surface area contributed by atoms with Crippen LogP contribution in [0.3, 0.4) is 0 Å². The number of hydrogen-bond donors (Lipinski definition) is 7. The molecule has 0 spiro atoms. The summed E-state index contributed by atoms with van der Waals surface area (Å²) in [6, 6.07) is 33.3. The summed E-state index contributed by atoms with van der Waals surface area (Å²) in [5, 5.41) is 27.3. The topological polar surface area (TPSA) is 280 Å². The van der Waals surface area contributed by atoms with Crippen molar-refractivity contribution in [3.8, 4) is 34.5 Å². The maximum atomic E-state index is 12.7. The lowest BCUT2D eigenvalue weighted by atomic mass is 10.2. The Morgan fingerprint density at radius 1 is 0.576 bits per heavy atom. The Labute approximate surface area is 488 Å². The van der Waals surface area contributed by atoms with E-state index < -0.39 is 5.60 Å². The third-order valence-electron chi connectivity index (χ3n) is 13.9. The van der Waals surface area contributed by atoms with Crippen molar-refractivity contribution in [2.24, 2.45) is 0 Å². The van der Waals surface area contributed by atoms with Gasteiger partial charge in [-0.2, -0.15) is 10.2 Å². The first-order chi connectivity index (χ1) is 41.3. The number of carbonyl (C=O) groups is 3. The third-order valence-corrected chi connectivity index (χ3v) is 13.9. The van der Waals surface area contributed by atoms with Crippen LogP contribution in [-0.4, -0.2) is 130 Å². The van der Waals surface area contributed by atoms with Crippen molar-refractivity contribution in [2.75, 3.05) is 61.7 Å². The lowest BCUT2D eigenvalue weighted by molar-refractivity contribution is 0.0293. The van der Waals surface area contributed by atoms with Gasteiger partial charge in [-0.15, -0.1) is 0 Å². The zero-order valence-electron chi connectivity index (χ0n) is 47.5. The minimum atomic E-state index is -0.571. The number of nitrogens with zero attached hydrogens (tertiary/aromatic N) is 9. The van der Waals surface area contributed by atoms with Gasteiger partial charge < -0.3 is 54.5 Å². The number of likely N-dealkylation sites (tertiary alicyclic amines) is 1. The molecule has 436 valence electrons. The average Bonchev–Trinajstić information content (AvgIpc) is 3.02. The number of carbonyl (C=O) groups excluding carboxylic acids is 3. The molecule has 2 aliphatic heterocycles. The summed E-state index contributed by atoms with van der Waals surface area (Å²) in [7, 11) is 3.29. The van der Waals surface area contributed by atoms with Gasteiger partial charge in [0.15, 0.2) is 22.9 Å². The van der Waals surface area contributed by atoms with Gasteiger partial charge in [0.2, 0.25) is 11.9 Å². The summed E-state index contributed by atoms with van der Waals surface area (Å²) in [5.41, 5.74) is 3.81. The second-order valence-corrected chi connectivity index (χ2v) is 21.2. The van der Waals surface area contributed by atoms with Gasteiger partial charge in [0.05, 0.1) is 27.3 Å². The van der Waals surface area contributed by atoms with Crippen LogP contribution in [0.1, 0.15) is 65.5 Å². The Morgan fingerprint density at radius 2 is 1.05 bits per heavy atom. The number of aromatic amines is 2. The van der Waals surface area contributed by atoms with Gasteiger partial charge in [-0.1, -0.05) is 24.3 Å². The molecule has 0 unspecified atom stereocenters. The number of nitrogens with one attached hydrogen (secondary N) is 7. The minimum Gasteiger partial charge on any atom is -0.497 e. The van der Waals surface area contributed by atoms with E-state index in [4.69, 9.17) is 33.9 Å². The number of H-pyrrole nitrogens is 2. The molecular weight excluding hydrogens is 1080 g/mol. The molecule has 10 aromatic rings. The Kier molecular flexibility index (Phi) is 16.8. The van der Waals surface area contributed by atoms with E-state index in [1.807, 2.05) is 84.7 Å². The fourth-order valence-corrected chi connectivity index (χ4v) is 9.70. The molecule has 2 saturated heterocycles. The van der Waals surface area contributed by atoms with Crippen LogP contribution in [0.2, 0.25) is 0 Å². The number of ether oxygens (including phenoxy) is 5. The summed E-state index contributed by atoms with van der Waals surface area (Å²) in [4.78, 5) is 62.6. The molecule has 24 heteroatoms. The summed E-state index contributed by atoms with van der Waals surface area (Å²) in [6.45, 7) is 9.45. The van der Waals surface area contributed by atoms with E-state index >= 15 is 0 Å². The van der Waals surface area contributed by atoms with Gasteiger partial charge in [-0.05, 0) is 124 Å². The third kappa shape index (κ3) is 13.9. The molecule has 0 saturated carbocycles. The SMILES string of the molecule is COc1ccc(Cn2nc(N[C@@H]3CCN(C(=O)OC(C)(C)C)C3)c3c(Oc4ccc(C(=O)Nc5ncc[nH]5)cc4)ccnc32)cc1.COc1ccc(Cn2nc(N[C@@H]3CCNC3)c3c(Oc4ccc(C(=O)Nc5ncc[nH]5)cc4)ccnc32)cc1. The Hall–Kier alpha value is -10.5.